The number of aliphatic carboxylic acids is 1. The molecule has 100 valence electrons. The molecule has 6 nitrogen and oxygen atoms in total. The van der Waals surface area contributed by atoms with E-state index < -0.39 is 12.0 Å². The number of hydrogen-bond acceptors (Lipinski definition) is 5. The van der Waals surface area contributed by atoms with Gasteiger partial charge in [-0.25, -0.2) is 14.8 Å². The van der Waals surface area contributed by atoms with Crippen LogP contribution in [0, 0.1) is 0 Å². The molecule has 2 N–H and O–H groups in total. The average molecular weight is 253 g/mol. The van der Waals surface area contributed by atoms with E-state index in [4.69, 9.17) is 9.84 Å². The van der Waals surface area contributed by atoms with Crippen LogP contribution in [0.15, 0.2) is 12.4 Å². The van der Waals surface area contributed by atoms with Gasteiger partial charge in [0, 0.05) is 6.07 Å². The normalized spacial score (nSPS) is 11.9. The van der Waals surface area contributed by atoms with Crippen LogP contribution >= 0.6 is 0 Å². The van der Waals surface area contributed by atoms with Gasteiger partial charge in [0.2, 0.25) is 5.88 Å². The zero-order chi connectivity index (χ0) is 13.4. The summed E-state index contributed by atoms with van der Waals surface area (Å²) >= 11 is 0. The zero-order valence-electron chi connectivity index (χ0n) is 10.7. The number of nitrogens with zero attached hydrogens (tertiary/aromatic N) is 2. The minimum atomic E-state index is -0.875. The molecule has 0 saturated carbocycles. The van der Waals surface area contributed by atoms with Crippen molar-refractivity contribution in [2.75, 3.05) is 11.9 Å². The van der Waals surface area contributed by atoms with Crippen LogP contribution in [-0.4, -0.2) is 33.7 Å². The summed E-state index contributed by atoms with van der Waals surface area (Å²) in [5.74, 6) is 0.0339. The van der Waals surface area contributed by atoms with Crippen LogP contribution in [-0.2, 0) is 4.79 Å². The quantitative estimate of drug-likeness (QED) is 0.736. The molecule has 0 amide bonds. The highest BCUT2D eigenvalue weighted by Crippen LogP contribution is 2.14. The van der Waals surface area contributed by atoms with Crippen molar-refractivity contribution in [1.82, 2.24) is 9.97 Å². The van der Waals surface area contributed by atoms with E-state index in [-0.39, 0.29) is 0 Å². The molecule has 0 spiro atoms. The highest BCUT2D eigenvalue weighted by atomic mass is 16.5. The first-order valence-corrected chi connectivity index (χ1v) is 6.11. The monoisotopic (exact) mass is 253 g/mol. The molecule has 0 aliphatic rings. The lowest BCUT2D eigenvalue weighted by molar-refractivity contribution is -0.138. The number of unbranched alkanes of at least 4 members (excludes halogenated alkanes) is 1. The van der Waals surface area contributed by atoms with E-state index in [1.54, 1.807) is 6.07 Å². The van der Waals surface area contributed by atoms with Crippen molar-refractivity contribution in [1.29, 1.82) is 0 Å². The molecular formula is C12H19N3O3. The first-order valence-electron chi connectivity index (χ1n) is 6.11. The van der Waals surface area contributed by atoms with Gasteiger partial charge in [0.05, 0.1) is 6.61 Å². The molecule has 18 heavy (non-hydrogen) atoms. The number of carboxylic acids is 1. The molecule has 6 heteroatoms. The van der Waals surface area contributed by atoms with Gasteiger partial charge in [-0.05, 0) is 13.3 Å². The van der Waals surface area contributed by atoms with Crippen molar-refractivity contribution < 1.29 is 14.6 Å². The van der Waals surface area contributed by atoms with E-state index in [0.717, 1.165) is 12.8 Å². The van der Waals surface area contributed by atoms with Gasteiger partial charge in [-0.3, -0.25) is 0 Å². The summed E-state index contributed by atoms with van der Waals surface area (Å²) in [6, 6.07) is 0.972. The maximum atomic E-state index is 11.1. The molecule has 0 aliphatic heterocycles. The second-order valence-corrected chi connectivity index (χ2v) is 3.85. The number of aromatic nitrogens is 2. The fraction of sp³-hybridized carbons (Fsp3) is 0.583. The fourth-order valence-corrected chi connectivity index (χ4v) is 1.49. The van der Waals surface area contributed by atoms with Crippen LogP contribution in [0.1, 0.15) is 33.1 Å². The van der Waals surface area contributed by atoms with E-state index in [1.165, 1.54) is 6.33 Å². The highest BCUT2D eigenvalue weighted by molar-refractivity contribution is 5.76. The zero-order valence-corrected chi connectivity index (χ0v) is 10.7. The van der Waals surface area contributed by atoms with Gasteiger partial charge in [0.15, 0.2) is 0 Å². The van der Waals surface area contributed by atoms with E-state index in [0.29, 0.717) is 24.7 Å². The SMILES string of the molecule is CCCC[C@H](Nc1cc(OCC)ncn1)C(=O)O. The number of carbonyl (C=O) groups is 1. The number of carboxylic acid groups (broad SMARTS) is 1. The number of anilines is 1. The number of nitrogens with one attached hydrogen (secondary N) is 1. The van der Waals surface area contributed by atoms with Crippen LogP contribution in [0.4, 0.5) is 5.82 Å². The predicted octanol–water partition coefficient (Wildman–Crippen LogP) is 1.93. The first-order chi connectivity index (χ1) is 8.67. The summed E-state index contributed by atoms with van der Waals surface area (Å²) in [4.78, 5) is 19.0. The number of ether oxygens (including phenoxy) is 1. The molecule has 0 radical (unpaired) electrons. The van der Waals surface area contributed by atoms with Crippen LogP contribution in [0.5, 0.6) is 5.88 Å². The molecule has 1 aromatic rings. The Labute approximate surface area is 106 Å². The summed E-state index contributed by atoms with van der Waals surface area (Å²) in [5, 5.41) is 12.0. The third kappa shape index (κ3) is 4.57. The van der Waals surface area contributed by atoms with Crippen molar-refractivity contribution in [3.8, 4) is 5.88 Å². The lowest BCUT2D eigenvalue weighted by Gasteiger charge is -2.14. The van der Waals surface area contributed by atoms with Crippen molar-refractivity contribution in [2.24, 2.45) is 0 Å². The van der Waals surface area contributed by atoms with Crippen molar-refractivity contribution in [2.45, 2.75) is 39.2 Å². The Hall–Kier alpha value is -1.85. The van der Waals surface area contributed by atoms with E-state index in [2.05, 4.69) is 15.3 Å². The van der Waals surface area contributed by atoms with Crippen molar-refractivity contribution in [3.05, 3.63) is 12.4 Å². The van der Waals surface area contributed by atoms with Crippen molar-refractivity contribution in [3.63, 3.8) is 0 Å². The fourth-order valence-electron chi connectivity index (χ4n) is 1.49. The Morgan fingerprint density at radius 3 is 2.89 bits per heavy atom. The third-order valence-corrected chi connectivity index (χ3v) is 2.40. The molecule has 1 atom stereocenters. The Morgan fingerprint density at radius 2 is 2.28 bits per heavy atom. The number of hydrogen-bond donors (Lipinski definition) is 2. The molecule has 0 fully saturated rings. The van der Waals surface area contributed by atoms with Crippen LogP contribution < -0.4 is 10.1 Å². The summed E-state index contributed by atoms with van der Waals surface area (Å²) in [6.45, 7) is 4.39. The second-order valence-electron chi connectivity index (χ2n) is 3.85. The first kappa shape index (κ1) is 14.2. The molecular weight excluding hydrogens is 234 g/mol. The Bertz CT molecular complexity index is 385. The molecule has 0 aliphatic carbocycles. The molecule has 1 aromatic heterocycles. The maximum Gasteiger partial charge on any atom is 0.326 e. The lowest BCUT2D eigenvalue weighted by Crippen LogP contribution is -2.29. The minimum absolute atomic E-state index is 0.439. The minimum Gasteiger partial charge on any atom is -0.480 e. The van der Waals surface area contributed by atoms with E-state index in [9.17, 15) is 4.79 Å². The lowest BCUT2D eigenvalue weighted by atomic mass is 10.1. The van der Waals surface area contributed by atoms with E-state index >= 15 is 0 Å². The summed E-state index contributed by atoms with van der Waals surface area (Å²) in [5.41, 5.74) is 0. The molecule has 0 aromatic carbocycles. The Kier molecular flexibility index (Phi) is 5.90. The maximum absolute atomic E-state index is 11.1. The van der Waals surface area contributed by atoms with Gasteiger partial charge in [0.25, 0.3) is 0 Å². The van der Waals surface area contributed by atoms with Gasteiger partial charge >= 0.3 is 5.97 Å². The molecule has 0 bridgehead atoms. The van der Waals surface area contributed by atoms with Gasteiger partial charge in [-0.1, -0.05) is 19.8 Å². The van der Waals surface area contributed by atoms with Crippen LogP contribution in [0.3, 0.4) is 0 Å². The Balaban J connectivity index is 2.67. The largest absolute Gasteiger partial charge is 0.480 e. The average Bonchev–Trinajstić information content (AvgIpc) is 2.35. The standard InChI is InChI=1S/C12H19N3O3/c1-3-5-6-9(12(16)17)15-10-7-11(18-4-2)14-8-13-10/h7-9H,3-6H2,1-2H3,(H,16,17)(H,13,14,15)/t9-/m0/s1. The van der Waals surface area contributed by atoms with Crippen LogP contribution in [0.2, 0.25) is 0 Å². The summed E-state index contributed by atoms with van der Waals surface area (Å²) in [7, 11) is 0. The molecule has 0 unspecified atom stereocenters. The van der Waals surface area contributed by atoms with Gasteiger partial charge in [-0.15, -0.1) is 0 Å². The Morgan fingerprint density at radius 1 is 1.50 bits per heavy atom. The number of rotatable bonds is 8. The van der Waals surface area contributed by atoms with Crippen molar-refractivity contribution >= 4 is 11.8 Å². The molecule has 1 heterocycles. The second kappa shape index (κ2) is 7.47. The van der Waals surface area contributed by atoms with Gasteiger partial charge in [-0.2, -0.15) is 0 Å². The van der Waals surface area contributed by atoms with Gasteiger partial charge < -0.3 is 15.2 Å². The topological polar surface area (TPSA) is 84.3 Å². The smallest absolute Gasteiger partial charge is 0.326 e. The summed E-state index contributed by atoms with van der Waals surface area (Å²) in [6.07, 6.45) is 3.73. The van der Waals surface area contributed by atoms with E-state index in [1.807, 2.05) is 13.8 Å². The molecule has 0 saturated heterocycles. The van der Waals surface area contributed by atoms with Crippen LogP contribution in [0.25, 0.3) is 0 Å². The third-order valence-electron chi connectivity index (χ3n) is 2.40. The summed E-state index contributed by atoms with van der Waals surface area (Å²) < 4.78 is 5.23. The highest BCUT2D eigenvalue weighted by Gasteiger charge is 2.17. The molecule has 1 rings (SSSR count). The van der Waals surface area contributed by atoms with Gasteiger partial charge in [0.1, 0.15) is 18.2 Å². The predicted molar refractivity (Wildman–Crippen MR) is 67.8 cm³/mol.